The second-order valence-electron chi connectivity index (χ2n) is 9.35. The molecule has 4 rings (SSSR count). The van der Waals surface area contributed by atoms with E-state index in [1.54, 1.807) is 0 Å². The van der Waals surface area contributed by atoms with Crippen molar-refractivity contribution < 1.29 is 4.43 Å². The Kier molecular flexibility index (Phi) is 10.5. The monoisotopic (exact) mass is 578 g/mol. The van der Waals surface area contributed by atoms with Crippen molar-refractivity contribution in [2.45, 2.75) is 59.2 Å². The van der Waals surface area contributed by atoms with Crippen molar-refractivity contribution >= 4 is 67.7 Å². The molecule has 206 valence electrons. The highest BCUT2D eigenvalue weighted by Crippen LogP contribution is 2.39. The number of aromatic nitrogens is 1. The smallest absolute Gasteiger partial charge is 0.231 e. The van der Waals surface area contributed by atoms with Gasteiger partial charge in [0.05, 0.1) is 16.1 Å². The summed E-state index contributed by atoms with van der Waals surface area (Å²) in [6, 6.07) is 22.0. The highest BCUT2D eigenvalue weighted by atomic mass is 32.1. The summed E-state index contributed by atoms with van der Waals surface area (Å²) in [6.45, 7) is 13.9. The van der Waals surface area contributed by atoms with Gasteiger partial charge in [-0.25, -0.2) is 4.98 Å². The Labute approximate surface area is 240 Å². The first-order valence-corrected chi connectivity index (χ1v) is 18.0. The molecule has 7 nitrogen and oxygen atoms in total. The third-order valence-electron chi connectivity index (χ3n) is 7.23. The summed E-state index contributed by atoms with van der Waals surface area (Å²) in [7, 11) is -1.52. The van der Waals surface area contributed by atoms with Crippen molar-refractivity contribution in [1.82, 2.24) is 4.98 Å². The van der Waals surface area contributed by atoms with Crippen LogP contribution in [-0.4, -0.2) is 33.0 Å². The number of benzene rings is 2. The number of thiophene rings is 1. The van der Waals surface area contributed by atoms with E-state index in [-0.39, 0.29) is 0 Å². The van der Waals surface area contributed by atoms with Gasteiger partial charge in [0.15, 0.2) is 8.32 Å². The summed E-state index contributed by atoms with van der Waals surface area (Å²) >= 11 is 3.02. The molecule has 10 heteroatoms. The van der Waals surface area contributed by atoms with Gasteiger partial charge in [-0.15, -0.1) is 20.5 Å². The highest BCUT2D eigenvalue weighted by Gasteiger charge is 2.28. The van der Waals surface area contributed by atoms with Gasteiger partial charge < -0.3 is 9.33 Å². The van der Waals surface area contributed by atoms with Gasteiger partial charge >= 0.3 is 0 Å². The van der Waals surface area contributed by atoms with Crippen molar-refractivity contribution in [2.24, 2.45) is 20.5 Å². The molecule has 2 aromatic heterocycles. The summed E-state index contributed by atoms with van der Waals surface area (Å²) < 4.78 is 7.43. The summed E-state index contributed by atoms with van der Waals surface area (Å²) in [6.07, 6.45) is 0.931. The van der Waals surface area contributed by atoms with Crippen LogP contribution in [0, 0.1) is 0 Å². The molecule has 2 heterocycles. The van der Waals surface area contributed by atoms with E-state index in [0.717, 1.165) is 52.0 Å². The molecule has 0 saturated carbocycles. The molecular formula is C29H38N6OS2Si. The number of azo groups is 2. The normalized spacial score (nSPS) is 12.3. The van der Waals surface area contributed by atoms with Crippen molar-refractivity contribution in [3.63, 3.8) is 0 Å². The van der Waals surface area contributed by atoms with Gasteiger partial charge in [0.1, 0.15) is 9.83 Å². The molecule has 4 aromatic rings. The van der Waals surface area contributed by atoms with Crippen LogP contribution in [0.15, 0.2) is 75.1 Å². The highest BCUT2D eigenvalue weighted by molar-refractivity contribution is 7.30. The standard InChI is InChI=1S/C29H38N6OS2Si/c1-6-35(7-2)25-17-15-24(16-18-25)32-34-29-30-28-26(37-29)21-27(38-28)33-31-23-13-11-22(12-14-23)19-20-36-39(8-3,9-4)10-5/h11-18,21H,6-10,19-20H2,1-5H3. The van der Waals surface area contributed by atoms with Crippen LogP contribution in [0.1, 0.15) is 40.2 Å². The van der Waals surface area contributed by atoms with Crippen LogP contribution in [0.5, 0.6) is 0 Å². The molecule has 0 saturated heterocycles. The second kappa shape index (κ2) is 14.0. The molecule has 0 unspecified atom stereocenters. The fourth-order valence-electron chi connectivity index (χ4n) is 4.50. The third-order valence-corrected chi connectivity index (χ3v) is 13.8. The predicted molar refractivity (Wildman–Crippen MR) is 169 cm³/mol. The van der Waals surface area contributed by atoms with Gasteiger partial charge in [0, 0.05) is 25.4 Å². The lowest BCUT2D eigenvalue weighted by Crippen LogP contribution is -2.36. The fraction of sp³-hybridized carbons (Fsp3) is 0.414. The number of hydrogen-bond donors (Lipinski definition) is 0. The maximum atomic E-state index is 6.38. The largest absolute Gasteiger partial charge is 0.416 e. The Morgan fingerprint density at radius 2 is 1.38 bits per heavy atom. The molecule has 0 atom stereocenters. The van der Waals surface area contributed by atoms with Crippen LogP contribution in [-0.2, 0) is 10.8 Å². The van der Waals surface area contributed by atoms with Gasteiger partial charge in [-0.3, -0.25) is 0 Å². The lowest BCUT2D eigenvalue weighted by molar-refractivity contribution is 0.303. The minimum absolute atomic E-state index is 0.642. The Hall–Kier alpha value is -2.79. The quantitative estimate of drug-likeness (QED) is 0.110. The average molecular weight is 579 g/mol. The molecule has 0 N–H and O–H groups in total. The van der Waals surface area contributed by atoms with E-state index < -0.39 is 8.32 Å². The maximum Gasteiger partial charge on any atom is 0.231 e. The first kappa shape index (κ1) is 29.2. The maximum absolute atomic E-state index is 6.38. The Morgan fingerprint density at radius 3 is 1.97 bits per heavy atom. The molecule has 0 spiro atoms. The molecule has 0 aliphatic heterocycles. The molecule has 0 fully saturated rings. The van der Waals surface area contributed by atoms with Crippen molar-refractivity contribution in [1.29, 1.82) is 0 Å². The van der Waals surface area contributed by atoms with Crippen molar-refractivity contribution in [3.8, 4) is 0 Å². The van der Waals surface area contributed by atoms with Crippen LogP contribution < -0.4 is 4.90 Å². The molecule has 0 aliphatic rings. The summed E-state index contributed by atoms with van der Waals surface area (Å²) in [5, 5.41) is 19.0. The van der Waals surface area contributed by atoms with E-state index in [4.69, 9.17) is 4.43 Å². The van der Waals surface area contributed by atoms with Crippen molar-refractivity contribution in [3.05, 3.63) is 60.2 Å². The average Bonchev–Trinajstić information content (AvgIpc) is 3.54. The molecule has 0 bridgehead atoms. The first-order chi connectivity index (χ1) is 19.0. The van der Waals surface area contributed by atoms with E-state index in [1.807, 2.05) is 30.3 Å². The van der Waals surface area contributed by atoms with Gasteiger partial charge in [-0.05, 0) is 86.4 Å². The van der Waals surface area contributed by atoms with Crippen molar-refractivity contribution in [2.75, 3.05) is 24.6 Å². The van der Waals surface area contributed by atoms with Gasteiger partial charge in [-0.1, -0.05) is 55.6 Å². The van der Waals surface area contributed by atoms with Crippen LogP contribution in [0.25, 0.3) is 9.53 Å². The number of anilines is 1. The van der Waals surface area contributed by atoms with Crippen LogP contribution >= 0.6 is 22.7 Å². The van der Waals surface area contributed by atoms with Gasteiger partial charge in [0.25, 0.3) is 0 Å². The zero-order valence-electron chi connectivity index (χ0n) is 23.6. The predicted octanol–water partition coefficient (Wildman–Crippen LogP) is 10.6. The zero-order chi connectivity index (χ0) is 27.7. The van der Waals surface area contributed by atoms with Gasteiger partial charge in [0.2, 0.25) is 5.13 Å². The molecule has 2 aromatic carbocycles. The molecular weight excluding hydrogens is 541 g/mol. The molecule has 0 amide bonds. The van der Waals surface area contributed by atoms with E-state index in [1.165, 1.54) is 52.1 Å². The molecule has 0 radical (unpaired) electrons. The zero-order valence-corrected chi connectivity index (χ0v) is 26.2. The number of nitrogens with zero attached hydrogens (tertiary/aromatic N) is 6. The summed E-state index contributed by atoms with van der Waals surface area (Å²) in [5.74, 6) is 0. The van der Waals surface area contributed by atoms with Crippen LogP contribution in [0.3, 0.4) is 0 Å². The Balaban J connectivity index is 1.32. The first-order valence-electron chi connectivity index (χ1n) is 13.8. The Bertz CT molecular complexity index is 1330. The van der Waals surface area contributed by atoms with E-state index >= 15 is 0 Å². The minimum atomic E-state index is -1.52. The topological polar surface area (TPSA) is 74.8 Å². The third kappa shape index (κ3) is 7.66. The number of fused-ring (bicyclic) bond motifs is 1. The van der Waals surface area contributed by atoms with E-state index in [0.29, 0.717) is 5.13 Å². The minimum Gasteiger partial charge on any atom is -0.416 e. The number of rotatable bonds is 14. The SMILES string of the molecule is CCN(CC)c1ccc(N=Nc2nc3sc(N=Nc4ccc(CCO[Si](CC)(CC)CC)cc4)cc3s2)cc1. The number of hydrogen-bond acceptors (Lipinski definition) is 9. The second-order valence-corrected chi connectivity index (χ2v) is 16.1. The lowest BCUT2D eigenvalue weighted by Gasteiger charge is -2.27. The van der Waals surface area contributed by atoms with E-state index in [9.17, 15) is 0 Å². The lowest BCUT2D eigenvalue weighted by atomic mass is 10.1. The van der Waals surface area contributed by atoms with Crippen LogP contribution in [0.2, 0.25) is 18.1 Å². The molecule has 0 aliphatic carbocycles. The van der Waals surface area contributed by atoms with Crippen LogP contribution in [0.4, 0.5) is 27.2 Å². The van der Waals surface area contributed by atoms with E-state index in [2.05, 4.69) is 89.2 Å². The fourth-order valence-corrected chi connectivity index (χ4v) is 9.00. The summed E-state index contributed by atoms with van der Waals surface area (Å²) in [4.78, 5) is 7.81. The van der Waals surface area contributed by atoms with Gasteiger partial charge in [-0.2, -0.15) is 0 Å². The Morgan fingerprint density at radius 1 is 0.769 bits per heavy atom. The number of thiazole rings is 1. The molecule has 39 heavy (non-hydrogen) atoms. The summed E-state index contributed by atoms with van der Waals surface area (Å²) in [5.41, 5.74) is 4.11.